The van der Waals surface area contributed by atoms with Crippen molar-refractivity contribution in [3.05, 3.63) is 29.3 Å². The predicted molar refractivity (Wildman–Crippen MR) is 82.0 cm³/mol. The lowest BCUT2D eigenvalue weighted by Crippen LogP contribution is -2.14. The smallest absolute Gasteiger partial charge is 0.124 e. The lowest BCUT2D eigenvalue weighted by atomic mass is 10.1. The van der Waals surface area contributed by atoms with Crippen LogP contribution in [0.25, 0.3) is 0 Å². The van der Waals surface area contributed by atoms with E-state index in [2.05, 4.69) is 30.4 Å². The molecule has 0 amide bonds. The van der Waals surface area contributed by atoms with Crippen LogP contribution in [0.2, 0.25) is 0 Å². The summed E-state index contributed by atoms with van der Waals surface area (Å²) in [6, 6.07) is 6.38. The molecule has 0 atom stereocenters. The molecule has 0 radical (unpaired) electrons. The van der Waals surface area contributed by atoms with Gasteiger partial charge in [0, 0.05) is 12.1 Å². The average molecular weight is 277 g/mol. The van der Waals surface area contributed by atoms with E-state index in [-0.39, 0.29) is 0 Å². The topological polar surface area (TPSA) is 30.5 Å². The summed E-state index contributed by atoms with van der Waals surface area (Å²) in [7, 11) is 1.73. The minimum atomic E-state index is 0.446. The summed E-state index contributed by atoms with van der Waals surface area (Å²) in [5, 5.41) is 3.43. The number of benzene rings is 1. The first kappa shape index (κ1) is 15.3. The third kappa shape index (κ3) is 4.50. The summed E-state index contributed by atoms with van der Waals surface area (Å²) in [5.41, 5.74) is 2.46. The third-order valence-electron chi connectivity index (χ3n) is 3.88. The van der Waals surface area contributed by atoms with Crippen molar-refractivity contribution in [2.75, 3.05) is 13.7 Å². The van der Waals surface area contributed by atoms with Gasteiger partial charge in [-0.05, 0) is 43.5 Å². The van der Waals surface area contributed by atoms with Crippen LogP contribution in [-0.4, -0.2) is 19.8 Å². The molecule has 112 valence electrons. The van der Waals surface area contributed by atoms with E-state index >= 15 is 0 Å². The predicted octanol–water partition coefficient (Wildman–Crippen LogP) is 3.65. The quantitative estimate of drug-likeness (QED) is 0.736. The fraction of sp³-hybridized carbons (Fsp3) is 0.647. The molecule has 3 nitrogen and oxygen atoms in total. The Morgan fingerprint density at radius 1 is 1.25 bits per heavy atom. The molecule has 20 heavy (non-hydrogen) atoms. The van der Waals surface area contributed by atoms with Gasteiger partial charge in [-0.25, -0.2) is 0 Å². The molecule has 0 aromatic heterocycles. The van der Waals surface area contributed by atoms with E-state index in [1.165, 1.54) is 31.2 Å². The van der Waals surface area contributed by atoms with Crippen LogP contribution >= 0.6 is 0 Å². The van der Waals surface area contributed by atoms with Gasteiger partial charge in [-0.1, -0.05) is 25.8 Å². The Kier molecular flexibility index (Phi) is 6.34. The van der Waals surface area contributed by atoms with Gasteiger partial charge in [-0.3, -0.25) is 0 Å². The molecular weight excluding hydrogens is 250 g/mol. The number of nitrogens with one attached hydrogen (secondary N) is 1. The van der Waals surface area contributed by atoms with Crippen molar-refractivity contribution in [1.82, 2.24) is 5.32 Å². The van der Waals surface area contributed by atoms with E-state index in [0.29, 0.717) is 12.7 Å². The normalized spacial score (nSPS) is 15.7. The van der Waals surface area contributed by atoms with Crippen LogP contribution in [0.15, 0.2) is 18.2 Å². The standard InChI is InChI=1S/C17H27NO2/c1-3-10-18-12-14-8-9-17(19-2)15(11-14)13-20-16-6-4-5-7-16/h8-9,11,16,18H,3-7,10,12-13H2,1-2H3. The minimum Gasteiger partial charge on any atom is -0.496 e. The highest BCUT2D eigenvalue weighted by Crippen LogP contribution is 2.25. The molecule has 1 N–H and O–H groups in total. The fourth-order valence-electron chi connectivity index (χ4n) is 2.73. The van der Waals surface area contributed by atoms with Gasteiger partial charge < -0.3 is 14.8 Å². The average Bonchev–Trinajstić information content (AvgIpc) is 2.99. The van der Waals surface area contributed by atoms with Crippen LogP contribution < -0.4 is 10.1 Å². The van der Waals surface area contributed by atoms with Crippen molar-refractivity contribution in [2.45, 2.75) is 58.3 Å². The molecule has 1 aromatic rings. The Hall–Kier alpha value is -1.06. The second-order valence-corrected chi connectivity index (χ2v) is 5.54. The first-order valence-electron chi connectivity index (χ1n) is 7.81. The monoisotopic (exact) mass is 277 g/mol. The van der Waals surface area contributed by atoms with Crippen LogP contribution in [0, 0.1) is 0 Å². The molecule has 0 saturated heterocycles. The fourth-order valence-corrected chi connectivity index (χ4v) is 2.73. The molecule has 1 aromatic carbocycles. The van der Waals surface area contributed by atoms with Gasteiger partial charge in [-0.15, -0.1) is 0 Å². The summed E-state index contributed by atoms with van der Waals surface area (Å²) in [6.07, 6.45) is 6.64. The largest absolute Gasteiger partial charge is 0.496 e. The van der Waals surface area contributed by atoms with E-state index < -0.39 is 0 Å². The number of hydrogen-bond acceptors (Lipinski definition) is 3. The van der Waals surface area contributed by atoms with Crippen LogP contribution in [0.4, 0.5) is 0 Å². The summed E-state index contributed by atoms with van der Waals surface area (Å²) < 4.78 is 11.5. The van der Waals surface area contributed by atoms with E-state index in [0.717, 1.165) is 30.8 Å². The molecule has 1 aliphatic carbocycles. The zero-order chi connectivity index (χ0) is 14.2. The molecule has 1 fully saturated rings. The first-order valence-corrected chi connectivity index (χ1v) is 7.81. The molecule has 0 spiro atoms. The number of ether oxygens (including phenoxy) is 2. The maximum atomic E-state index is 6.01. The van der Waals surface area contributed by atoms with Crippen LogP contribution in [0.3, 0.4) is 0 Å². The second kappa shape index (κ2) is 8.28. The minimum absolute atomic E-state index is 0.446. The molecule has 2 rings (SSSR count). The SMILES string of the molecule is CCCNCc1ccc(OC)c(COC2CCCC2)c1. The Balaban J connectivity index is 1.94. The van der Waals surface area contributed by atoms with Gasteiger partial charge in [0.25, 0.3) is 0 Å². The highest BCUT2D eigenvalue weighted by Gasteiger charge is 2.16. The lowest BCUT2D eigenvalue weighted by molar-refractivity contribution is 0.0446. The van der Waals surface area contributed by atoms with E-state index in [9.17, 15) is 0 Å². The van der Waals surface area contributed by atoms with Crippen molar-refractivity contribution in [3.63, 3.8) is 0 Å². The van der Waals surface area contributed by atoms with Crippen LogP contribution in [0.1, 0.15) is 50.2 Å². The second-order valence-electron chi connectivity index (χ2n) is 5.54. The van der Waals surface area contributed by atoms with Crippen molar-refractivity contribution in [2.24, 2.45) is 0 Å². The third-order valence-corrected chi connectivity index (χ3v) is 3.88. The van der Waals surface area contributed by atoms with Gasteiger partial charge in [0.2, 0.25) is 0 Å². The molecule has 0 aliphatic heterocycles. The van der Waals surface area contributed by atoms with E-state index in [4.69, 9.17) is 9.47 Å². The van der Waals surface area contributed by atoms with Gasteiger partial charge in [0.1, 0.15) is 5.75 Å². The Morgan fingerprint density at radius 3 is 2.75 bits per heavy atom. The van der Waals surface area contributed by atoms with Gasteiger partial charge in [0.15, 0.2) is 0 Å². The number of rotatable bonds is 8. The summed E-state index contributed by atoms with van der Waals surface area (Å²) in [6.45, 7) is 4.81. The molecule has 0 unspecified atom stereocenters. The van der Waals surface area contributed by atoms with Crippen molar-refractivity contribution in [1.29, 1.82) is 0 Å². The number of hydrogen-bond donors (Lipinski definition) is 1. The highest BCUT2D eigenvalue weighted by molar-refractivity contribution is 5.36. The Bertz CT molecular complexity index is 400. The summed E-state index contributed by atoms with van der Waals surface area (Å²) in [4.78, 5) is 0. The van der Waals surface area contributed by atoms with E-state index in [1.807, 2.05) is 0 Å². The van der Waals surface area contributed by atoms with Gasteiger partial charge in [-0.2, -0.15) is 0 Å². The summed E-state index contributed by atoms with van der Waals surface area (Å²) in [5.74, 6) is 0.933. The van der Waals surface area contributed by atoms with E-state index in [1.54, 1.807) is 7.11 Å². The lowest BCUT2D eigenvalue weighted by Gasteiger charge is -2.15. The van der Waals surface area contributed by atoms with Crippen LogP contribution in [-0.2, 0) is 17.9 Å². The molecule has 3 heteroatoms. The maximum Gasteiger partial charge on any atom is 0.124 e. The number of methoxy groups -OCH3 is 1. The van der Waals surface area contributed by atoms with Crippen molar-refractivity contribution in [3.8, 4) is 5.75 Å². The zero-order valence-corrected chi connectivity index (χ0v) is 12.8. The highest BCUT2D eigenvalue weighted by atomic mass is 16.5. The van der Waals surface area contributed by atoms with Crippen molar-refractivity contribution < 1.29 is 9.47 Å². The van der Waals surface area contributed by atoms with Crippen LogP contribution in [0.5, 0.6) is 5.75 Å². The molecular formula is C17H27NO2. The maximum absolute atomic E-state index is 6.01. The Labute approximate surface area is 122 Å². The molecule has 0 bridgehead atoms. The molecule has 1 saturated carbocycles. The Morgan fingerprint density at radius 2 is 2.05 bits per heavy atom. The molecule has 1 aliphatic rings. The summed E-state index contributed by atoms with van der Waals surface area (Å²) >= 11 is 0. The first-order chi connectivity index (χ1) is 9.83. The molecule has 0 heterocycles. The van der Waals surface area contributed by atoms with Crippen molar-refractivity contribution >= 4 is 0 Å². The van der Waals surface area contributed by atoms with Gasteiger partial charge in [0.05, 0.1) is 19.8 Å². The van der Waals surface area contributed by atoms with Gasteiger partial charge >= 0.3 is 0 Å². The zero-order valence-electron chi connectivity index (χ0n) is 12.8.